The summed E-state index contributed by atoms with van der Waals surface area (Å²) in [6, 6.07) is 17.5. The predicted molar refractivity (Wildman–Crippen MR) is 105 cm³/mol. The van der Waals surface area contributed by atoms with Crippen LogP contribution in [0.4, 0.5) is 0 Å². The average molecular weight is 367 g/mol. The molecule has 4 rings (SSSR count). The summed E-state index contributed by atoms with van der Waals surface area (Å²) < 4.78 is 14.5. The van der Waals surface area contributed by atoms with Crippen LogP contribution in [0, 0.1) is 0 Å². The van der Waals surface area contributed by atoms with Gasteiger partial charge in [0.15, 0.2) is 0 Å². The van der Waals surface area contributed by atoms with Gasteiger partial charge < -0.3 is 9.46 Å². The van der Waals surface area contributed by atoms with Gasteiger partial charge in [-0.3, -0.25) is 9.36 Å². The lowest BCUT2D eigenvalue weighted by Gasteiger charge is -2.21. The van der Waals surface area contributed by atoms with Crippen molar-refractivity contribution in [2.45, 2.75) is 32.0 Å². The van der Waals surface area contributed by atoms with Gasteiger partial charge in [-0.2, -0.15) is 0 Å². The van der Waals surface area contributed by atoms with E-state index in [0.29, 0.717) is 18.5 Å². The first kappa shape index (κ1) is 17.3. The fraction of sp³-hybridized carbons (Fsp3) is 0.286. The molecule has 1 aromatic heterocycles. The molecule has 1 aliphatic heterocycles. The Morgan fingerprint density at radius 3 is 2.69 bits per heavy atom. The molecule has 4 nitrogen and oxygen atoms in total. The quantitative estimate of drug-likeness (QED) is 0.695. The molecule has 1 unspecified atom stereocenters. The SMILES string of the molecule is O=c1c(CP(=O)(O)CCc2ccccc2)cc2cccc3c2n1CCC3. The normalized spacial score (nSPS) is 15.7. The Kier molecular flexibility index (Phi) is 4.56. The first-order valence-electron chi connectivity index (χ1n) is 9.03. The standard InChI is InChI=1S/C21H22NO3P/c23-21-19(15-26(24,25)13-11-16-6-2-1-3-7-16)14-18-9-4-8-17-10-5-12-22(21)20(17)18/h1-4,6-9,14H,5,10-13,15H2,(H,24,25). The zero-order chi connectivity index (χ0) is 18.1. The van der Waals surface area contributed by atoms with E-state index in [2.05, 4.69) is 6.07 Å². The van der Waals surface area contributed by atoms with Gasteiger partial charge in [0.1, 0.15) is 0 Å². The van der Waals surface area contributed by atoms with Crippen LogP contribution in [0.1, 0.15) is 23.1 Å². The fourth-order valence-electron chi connectivity index (χ4n) is 3.83. The van der Waals surface area contributed by atoms with Gasteiger partial charge in [0, 0.05) is 18.3 Å². The number of benzene rings is 2. The van der Waals surface area contributed by atoms with E-state index in [4.69, 9.17) is 0 Å². The van der Waals surface area contributed by atoms with E-state index in [9.17, 15) is 14.3 Å². The Morgan fingerprint density at radius 1 is 1.08 bits per heavy atom. The second-order valence-electron chi connectivity index (χ2n) is 7.05. The zero-order valence-corrected chi connectivity index (χ0v) is 15.5. The largest absolute Gasteiger partial charge is 0.344 e. The topological polar surface area (TPSA) is 59.3 Å². The second-order valence-corrected chi connectivity index (χ2v) is 9.50. The van der Waals surface area contributed by atoms with E-state index in [1.165, 1.54) is 5.56 Å². The molecule has 5 heteroatoms. The smallest absolute Gasteiger partial charge is 0.254 e. The van der Waals surface area contributed by atoms with Crippen LogP contribution < -0.4 is 5.56 Å². The number of nitrogens with zero attached hydrogens (tertiary/aromatic N) is 1. The summed E-state index contributed by atoms with van der Waals surface area (Å²) in [6.45, 7) is 0.680. The number of rotatable bonds is 5. The van der Waals surface area contributed by atoms with Crippen molar-refractivity contribution in [3.63, 3.8) is 0 Å². The summed E-state index contributed by atoms with van der Waals surface area (Å²) in [6.07, 6.45) is 2.58. The van der Waals surface area contributed by atoms with Crippen molar-refractivity contribution in [1.82, 2.24) is 4.57 Å². The minimum atomic E-state index is -3.42. The number of hydrogen-bond acceptors (Lipinski definition) is 2. The van der Waals surface area contributed by atoms with Crippen LogP contribution in [0.2, 0.25) is 0 Å². The van der Waals surface area contributed by atoms with Crippen LogP contribution in [-0.2, 0) is 30.1 Å². The van der Waals surface area contributed by atoms with Gasteiger partial charge in [0.2, 0.25) is 7.37 Å². The molecular weight excluding hydrogens is 345 g/mol. The lowest BCUT2D eigenvalue weighted by molar-refractivity contribution is 0.475. The van der Waals surface area contributed by atoms with Gasteiger partial charge >= 0.3 is 0 Å². The van der Waals surface area contributed by atoms with E-state index in [0.717, 1.165) is 29.3 Å². The maximum Gasteiger partial charge on any atom is 0.254 e. The highest BCUT2D eigenvalue weighted by Gasteiger charge is 2.23. The molecule has 3 aromatic rings. The van der Waals surface area contributed by atoms with Crippen molar-refractivity contribution in [2.75, 3.05) is 6.16 Å². The summed E-state index contributed by atoms with van der Waals surface area (Å²) in [5.41, 5.74) is 3.56. The van der Waals surface area contributed by atoms with Crippen molar-refractivity contribution >= 4 is 18.3 Å². The third-order valence-corrected chi connectivity index (χ3v) is 6.87. The van der Waals surface area contributed by atoms with Gasteiger partial charge in [0.05, 0.1) is 11.7 Å². The van der Waals surface area contributed by atoms with Crippen LogP contribution >= 0.6 is 7.37 Å². The van der Waals surface area contributed by atoms with E-state index in [1.807, 2.05) is 48.5 Å². The van der Waals surface area contributed by atoms with Gasteiger partial charge in [0.25, 0.3) is 5.56 Å². The van der Waals surface area contributed by atoms with E-state index >= 15 is 0 Å². The Balaban J connectivity index is 1.64. The molecule has 0 saturated heterocycles. The number of hydrogen-bond donors (Lipinski definition) is 1. The molecule has 0 bridgehead atoms. The predicted octanol–water partition coefficient (Wildman–Crippen LogP) is 3.96. The molecule has 0 amide bonds. The first-order chi connectivity index (χ1) is 12.5. The molecule has 2 aromatic carbocycles. The Morgan fingerprint density at radius 2 is 1.88 bits per heavy atom. The number of para-hydroxylation sites is 1. The summed E-state index contributed by atoms with van der Waals surface area (Å²) in [5.74, 6) is 0. The van der Waals surface area contributed by atoms with Crippen molar-refractivity contribution in [3.8, 4) is 0 Å². The fourth-order valence-corrected chi connectivity index (χ4v) is 5.36. The molecular formula is C21H22NO3P. The highest BCUT2D eigenvalue weighted by Crippen LogP contribution is 2.44. The summed E-state index contributed by atoms with van der Waals surface area (Å²) >= 11 is 0. The Labute approximate surface area is 152 Å². The van der Waals surface area contributed by atoms with Gasteiger partial charge in [-0.05, 0) is 41.8 Å². The monoisotopic (exact) mass is 367 g/mol. The Bertz CT molecular complexity index is 1060. The van der Waals surface area contributed by atoms with Crippen molar-refractivity contribution in [2.24, 2.45) is 0 Å². The van der Waals surface area contributed by atoms with Crippen LogP contribution in [0.25, 0.3) is 10.9 Å². The molecule has 0 saturated carbocycles. The summed E-state index contributed by atoms with van der Waals surface area (Å²) in [5, 5.41) is 0.986. The molecule has 26 heavy (non-hydrogen) atoms. The molecule has 0 aliphatic carbocycles. The van der Waals surface area contributed by atoms with E-state index < -0.39 is 7.37 Å². The second kappa shape index (κ2) is 6.86. The highest BCUT2D eigenvalue weighted by atomic mass is 31.2. The molecule has 134 valence electrons. The van der Waals surface area contributed by atoms with E-state index in [1.54, 1.807) is 4.57 Å². The molecule has 1 N–H and O–H groups in total. The maximum absolute atomic E-state index is 12.9. The third kappa shape index (κ3) is 3.40. The zero-order valence-electron chi connectivity index (χ0n) is 14.6. The highest BCUT2D eigenvalue weighted by molar-refractivity contribution is 7.57. The minimum Gasteiger partial charge on any atom is -0.344 e. The van der Waals surface area contributed by atoms with Gasteiger partial charge in [-0.15, -0.1) is 0 Å². The molecule has 2 heterocycles. The number of aryl methyl sites for hydroxylation is 3. The molecule has 0 fully saturated rings. The maximum atomic E-state index is 12.9. The Hall–Kier alpha value is -2.16. The minimum absolute atomic E-state index is 0.0567. The number of pyridine rings is 1. The van der Waals surface area contributed by atoms with Crippen molar-refractivity contribution < 1.29 is 9.46 Å². The van der Waals surface area contributed by atoms with Crippen molar-refractivity contribution in [3.05, 3.63) is 81.6 Å². The van der Waals surface area contributed by atoms with Crippen molar-refractivity contribution in [1.29, 1.82) is 0 Å². The molecule has 1 atom stereocenters. The van der Waals surface area contributed by atoms with E-state index in [-0.39, 0.29) is 17.9 Å². The number of aromatic nitrogens is 1. The lowest BCUT2D eigenvalue weighted by atomic mass is 10.0. The average Bonchev–Trinajstić information content (AvgIpc) is 2.65. The molecule has 0 radical (unpaired) electrons. The van der Waals surface area contributed by atoms with Gasteiger partial charge in [-0.1, -0.05) is 48.5 Å². The summed E-state index contributed by atoms with van der Waals surface area (Å²) in [7, 11) is -3.42. The van der Waals surface area contributed by atoms with Gasteiger partial charge in [-0.25, -0.2) is 0 Å². The summed E-state index contributed by atoms with van der Waals surface area (Å²) in [4.78, 5) is 23.3. The molecule has 0 spiro atoms. The molecule has 1 aliphatic rings. The third-order valence-electron chi connectivity index (χ3n) is 5.11. The van der Waals surface area contributed by atoms with Crippen LogP contribution in [0.3, 0.4) is 0 Å². The van der Waals surface area contributed by atoms with Crippen LogP contribution in [0.5, 0.6) is 0 Å². The lowest BCUT2D eigenvalue weighted by Crippen LogP contribution is -2.27. The van der Waals surface area contributed by atoms with Crippen LogP contribution in [0.15, 0.2) is 59.4 Å². The first-order valence-corrected chi connectivity index (χ1v) is 11.1. The van der Waals surface area contributed by atoms with Crippen LogP contribution in [-0.4, -0.2) is 15.6 Å².